The van der Waals surface area contributed by atoms with Crippen LogP contribution in [-0.4, -0.2) is 36.5 Å². The lowest BCUT2D eigenvalue weighted by molar-refractivity contribution is -0.123. The number of nitrogens with zero attached hydrogens (tertiary/aromatic N) is 3. The first kappa shape index (κ1) is 25.3. The number of aryl methyl sites for hydroxylation is 1. The van der Waals surface area contributed by atoms with Crippen LogP contribution in [0.3, 0.4) is 0 Å². The van der Waals surface area contributed by atoms with Gasteiger partial charge in [-0.1, -0.05) is 25.1 Å². The number of rotatable bonds is 8. The molecular formula is C28H35N5O3. The fraction of sp³-hybridized carbons (Fsp3) is 0.393. The first-order valence-electron chi connectivity index (χ1n) is 12.5. The Morgan fingerprint density at radius 1 is 1.19 bits per heavy atom. The van der Waals surface area contributed by atoms with Crippen LogP contribution in [0.15, 0.2) is 53.8 Å². The van der Waals surface area contributed by atoms with Gasteiger partial charge in [0.25, 0.3) is 5.91 Å². The second-order valence-corrected chi connectivity index (χ2v) is 9.60. The van der Waals surface area contributed by atoms with Gasteiger partial charge in [-0.3, -0.25) is 4.79 Å². The Balaban J connectivity index is 1.51. The zero-order valence-electron chi connectivity index (χ0n) is 21.5. The van der Waals surface area contributed by atoms with Crippen molar-refractivity contribution in [2.75, 3.05) is 29.6 Å². The third-order valence-corrected chi connectivity index (χ3v) is 6.32. The number of oxime groups is 1. The van der Waals surface area contributed by atoms with E-state index in [0.717, 1.165) is 59.4 Å². The van der Waals surface area contributed by atoms with Crippen molar-refractivity contribution in [3.8, 4) is 5.75 Å². The number of nitrogen functional groups attached to an aromatic ring is 1. The molecule has 0 bridgehead atoms. The van der Waals surface area contributed by atoms with Crippen molar-refractivity contribution in [2.24, 2.45) is 11.1 Å². The number of carbonyl (C=O) groups is 1. The van der Waals surface area contributed by atoms with Gasteiger partial charge in [-0.15, -0.1) is 0 Å². The number of anilines is 3. The molecule has 2 aromatic carbocycles. The lowest BCUT2D eigenvalue weighted by atomic mass is 10.0. The normalized spacial score (nSPS) is 15.8. The minimum Gasteiger partial charge on any atom is -0.481 e. The number of fused-ring (bicyclic) bond motifs is 1. The molecule has 3 aromatic rings. The summed E-state index contributed by atoms with van der Waals surface area (Å²) < 4.78 is 6.18. The molecule has 1 unspecified atom stereocenters. The lowest BCUT2D eigenvalue weighted by Crippen LogP contribution is -2.36. The highest BCUT2D eigenvalue weighted by Gasteiger charge is 2.24. The summed E-state index contributed by atoms with van der Waals surface area (Å²) in [6.45, 7) is 7.08. The molecule has 0 radical (unpaired) electrons. The maximum Gasteiger partial charge on any atom is 0.265 e. The van der Waals surface area contributed by atoms with Crippen LogP contribution in [0, 0.1) is 12.8 Å². The van der Waals surface area contributed by atoms with Crippen molar-refractivity contribution < 1.29 is 14.4 Å². The molecule has 1 aliphatic heterocycles. The van der Waals surface area contributed by atoms with Gasteiger partial charge in [-0.05, 0) is 79.5 Å². The average Bonchev–Trinajstić information content (AvgIpc) is 2.85. The van der Waals surface area contributed by atoms with Crippen LogP contribution < -0.4 is 20.7 Å². The molecule has 1 amide bonds. The third kappa shape index (κ3) is 5.87. The van der Waals surface area contributed by atoms with Gasteiger partial charge in [0.05, 0.1) is 0 Å². The lowest BCUT2D eigenvalue weighted by Gasteiger charge is -2.31. The zero-order chi connectivity index (χ0) is 25.7. The average molecular weight is 490 g/mol. The minimum absolute atomic E-state index is 0.185. The van der Waals surface area contributed by atoms with Crippen LogP contribution in [0.2, 0.25) is 0 Å². The van der Waals surface area contributed by atoms with Crippen molar-refractivity contribution in [3.05, 3.63) is 54.2 Å². The molecule has 4 rings (SSSR count). The standard InChI is InChI=1S/C28H35N5O3/c1-18(2)15-25(36-22-10-8-20-12-13-30-27(29)23(20)17-22)28(34)31-21-9-11-24(19(3)16-21)33-14-6-5-7-26(33)32-35-4/h8-13,16-18,25H,5-7,14-15H2,1-4H3,(H2,29,30)(H,31,34)/b32-26-. The molecule has 8 nitrogen and oxygen atoms in total. The van der Waals surface area contributed by atoms with Crippen molar-refractivity contribution in [1.82, 2.24) is 4.98 Å². The van der Waals surface area contributed by atoms with Crippen LogP contribution in [0.5, 0.6) is 5.75 Å². The maximum atomic E-state index is 13.3. The summed E-state index contributed by atoms with van der Waals surface area (Å²) in [5, 5.41) is 9.04. The number of nitrogens with one attached hydrogen (secondary N) is 1. The quantitative estimate of drug-likeness (QED) is 0.405. The Bertz CT molecular complexity index is 1260. The fourth-order valence-electron chi connectivity index (χ4n) is 4.58. The largest absolute Gasteiger partial charge is 0.481 e. The molecule has 3 N–H and O–H groups in total. The smallest absolute Gasteiger partial charge is 0.265 e. The molecule has 8 heteroatoms. The number of hydrogen-bond acceptors (Lipinski definition) is 6. The Labute approximate surface area is 212 Å². The van der Waals surface area contributed by atoms with Crippen LogP contribution in [-0.2, 0) is 9.63 Å². The molecule has 1 aromatic heterocycles. The number of aromatic nitrogens is 1. The molecule has 0 saturated carbocycles. The van der Waals surface area contributed by atoms with E-state index in [1.54, 1.807) is 13.3 Å². The first-order valence-corrected chi connectivity index (χ1v) is 12.5. The highest BCUT2D eigenvalue weighted by Crippen LogP contribution is 2.29. The Hall–Kier alpha value is -3.81. The number of carbonyl (C=O) groups excluding carboxylic acids is 1. The van der Waals surface area contributed by atoms with Gasteiger partial charge in [0.1, 0.15) is 24.5 Å². The maximum absolute atomic E-state index is 13.3. The molecule has 0 spiro atoms. The van der Waals surface area contributed by atoms with Crippen LogP contribution >= 0.6 is 0 Å². The summed E-state index contributed by atoms with van der Waals surface area (Å²) in [4.78, 5) is 24.7. The van der Waals surface area contributed by atoms with E-state index in [1.165, 1.54) is 0 Å². The highest BCUT2D eigenvalue weighted by atomic mass is 16.6. The van der Waals surface area contributed by atoms with Crippen LogP contribution in [0.4, 0.5) is 17.2 Å². The number of pyridine rings is 1. The molecule has 1 fully saturated rings. The summed E-state index contributed by atoms with van der Waals surface area (Å²) >= 11 is 0. The topological polar surface area (TPSA) is 102 Å². The summed E-state index contributed by atoms with van der Waals surface area (Å²) in [6, 6.07) is 13.5. The predicted molar refractivity (Wildman–Crippen MR) is 145 cm³/mol. The highest BCUT2D eigenvalue weighted by molar-refractivity contribution is 5.99. The van der Waals surface area contributed by atoms with Gasteiger partial charge in [0, 0.05) is 35.9 Å². The number of benzene rings is 2. The molecule has 1 saturated heterocycles. The molecular weight excluding hydrogens is 454 g/mol. The van der Waals surface area contributed by atoms with E-state index in [2.05, 4.69) is 34.2 Å². The molecule has 1 aliphatic rings. The van der Waals surface area contributed by atoms with Gasteiger partial charge >= 0.3 is 0 Å². The van der Waals surface area contributed by atoms with Gasteiger partial charge < -0.3 is 25.5 Å². The van der Waals surface area contributed by atoms with Crippen molar-refractivity contribution in [3.63, 3.8) is 0 Å². The van der Waals surface area contributed by atoms with E-state index in [1.807, 2.05) is 49.4 Å². The predicted octanol–water partition coefficient (Wildman–Crippen LogP) is 5.51. The van der Waals surface area contributed by atoms with Gasteiger partial charge in [-0.2, -0.15) is 0 Å². The molecule has 2 heterocycles. The van der Waals surface area contributed by atoms with Crippen LogP contribution in [0.1, 0.15) is 45.1 Å². The molecule has 0 aliphatic carbocycles. The summed E-state index contributed by atoms with van der Waals surface area (Å²) in [5.74, 6) is 2.04. The number of amides is 1. The molecule has 1 atom stereocenters. The second kappa shape index (κ2) is 11.3. The van der Waals surface area contributed by atoms with Crippen molar-refractivity contribution in [1.29, 1.82) is 0 Å². The summed E-state index contributed by atoms with van der Waals surface area (Å²) in [7, 11) is 1.57. The number of hydrogen-bond donors (Lipinski definition) is 2. The van der Waals surface area contributed by atoms with Crippen LogP contribution in [0.25, 0.3) is 10.8 Å². The van der Waals surface area contributed by atoms with Gasteiger partial charge in [-0.25, -0.2) is 4.98 Å². The monoisotopic (exact) mass is 489 g/mol. The number of amidine groups is 1. The fourth-order valence-corrected chi connectivity index (χ4v) is 4.58. The number of nitrogens with two attached hydrogens (primary N) is 1. The van der Waals surface area contributed by atoms with Gasteiger partial charge in [0.15, 0.2) is 6.10 Å². The van der Waals surface area contributed by atoms with E-state index in [9.17, 15) is 4.79 Å². The number of ether oxygens (including phenoxy) is 1. The summed E-state index contributed by atoms with van der Waals surface area (Å²) in [6.07, 6.45) is 4.69. The van der Waals surface area contributed by atoms with Crippen molar-refractivity contribution >= 4 is 39.7 Å². The second-order valence-electron chi connectivity index (χ2n) is 9.60. The van der Waals surface area contributed by atoms with E-state index in [-0.39, 0.29) is 11.8 Å². The van der Waals surface area contributed by atoms with E-state index >= 15 is 0 Å². The molecule has 36 heavy (non-hydrogen) atoms. The Morgan fingerprint density at radius 2 is 2.03 bits per heavy atom. The van der Waals surface area contributed by atoms with E-state index in [4.69, 9.17) is 15.3 Å². The summed E-state index contributed by atoms with van der Waals surface area (Å²) in [5.41, 5.74) is 8.89. The first-order chi connectivity index (χ1) is 17.4. The van der Waals surface area contributed by atoms with Gasteiger partial charge in [0.2, 0.25) is 0 Å². The van der Waals surface area contributed by atoms with Crippen molar-refractivity contribution in [2.45, 2.75) is 52.6 Å². The minimum atomic E-state index is -0.650. The zero-order valence-corrected chi connectivity index (χ0v) is 21.5. The van der Waals surface area contributed by atoms with E-state index in [0.29, 0.717) is 18.0 Å². The number of piperidine rings is 1. The van der Waals surface area contributed by atoms with E-state index < -0.39 is 6.10 Å². The Morgan fingerprint density at radius 3 is 2.78 bits per heavy atom. The molecule has 190 valence electrons. The Kier molecular flexibility index (Phi) is 7.93. The third-order valence-electron chi connectivity index (χ3n) is 6.32. The SMILES string of the molecule is CO/N=C1/CCCCN1c1ccc(NC(=O)C(CC(C)C)Oc2ccc3ccnc(N)c3c2)cc1C.